The van der Waals surface area contributed by atoms with Crippen LogP contribution in [0, 0.1) is 0 Å². The Bertz CT molecular complexity index is 579. The molecule has 0 atom stereocenters. The number of benzene rings is 2. The minimum absolute atomic E-state index is 0.0222. The zero-order valence-corrected chi connectivity index (χ0v) is 10.8. The van der Waals surface area contributed by atoms with Crippen molar-refractivity contribution in [3.8, 4) is 5.75 Å². The number of fused-ring (bicyclic) bond motifs is 1. The molecule has 0 aliphatic carbocycles. The third-order valence-electron chi connectivity index (χ3n) is 2.93. The van der Waals surface area contributed by atoms with E-state index in [0.717, 1.165) is 16.3 Å². The summed E-state index contributed by atoms with van der Waals surface area (Å²) in [7, 11) is 0. The van der Waals surface area contributed by atoms with Crippen molar-refractivity contribution < 1.29 is 23.0 Å². The lowest BCUT2D eigenvalue weighted by Gasteiger charge is -2.09. The maximum atomic E-state index is 12.0. The van der Waals surface area contributed by atoms with Crippen LogP contribution in [0.15, 0.2) is 36.4 Å². The van der Waals surface area contributed by atoms with Crippen LogP contribution in [0.4, 0.5) is 13.2 Å². The van der Waals surface area contributed by atoms with Gasteiger partial charge in [-0.1, -0.05) is 18.2 Å². The Labute approximate surface area is 114 Å². The van der Waals surface area contributed by atoms with Crippen LogP contribution < -0.4 is 4.74 Å². The number of hydrogen-bond acceptors (Lipinski definition) is 2. The highest BCUT2D eigenvalue weighted by atomic mass is 19.4. The maximum Gasteiger partial charge on any atom is 0.389 e. The van der Waals surface area contributed by atoms with Gasteiger partial charge >= 0.3 is 6.18 Å². The van der Waals surface area contributed by atoms with E-state index >= 15 is 0 Å². The van der Waals surface area contributed by atoms with E-state index in [0.29, 0.717) is 5.75 Å². The molecule has 0 aliphatic rings. The molecule has 20 heavy (non-hydrogen) atoms. The molecular formula is C15H15F3O2. The van der Waals surface area contributed by atoms with Crippen LogP contribution in [-0.4, -0.2) is 17.9 Å². The number of ether oxygens (including phenoxy) is 1. The SMILES string of the molecule is OCc1ccc2cc(OCCCC(F)(F)F)ccc2c1. The van der Waals surface area contributed by atoms with Crippen LogP contribution in [0.2, 0.25) is 0 Å². The second kappa shape index (κ2) is 6.13. The molecule has 0 unspecified atom stereocenters. The van der Waals surface area contributed by atoms with E-state index in [1.165, 1.54) is 0 Å². The third kappa shape index (κ3) is 4.13. The molecule has 0 saturated heterocycles. The summed E-state index contributed by atoms with van der Waals surface area (Å²) in [5.41, 5.74) is 0.816. The minimum Gasteiger partial charge on any atom is -0.494 e. The molecule has 5 heteroatoms. The van der Waals surface area contributed by atoms with Crippen molar-refractivity contribution >= 4 is 10.8 Å². The Morgan fingerprint density at radius 2 is 1.70 bits per heavy atom. The molecule has 2 nitrogen and oxygen atoms in total. The fourth-order valence-corrected chi connectivity index (χ4v) is 1.92. The zero-order valence-electron chi connectivity index (χ0n) is 10.8. The third-order valence-corrected chi connectivity index (χ3v) is 2.93. The van der Waals surface area contributed by atoms with Gasteiger partial charge in [0.1, 0.15) is 5.75 Å². The lowest BCUT2D eigenvalue weighted by molar-refractivity contribution is -0.136. The zero-order chi connectivity index (χ0) is 14.6. The topological polar surface area (TPSA) is 29.5 Å². The average molecular weight is 284 g/mol. The highest BCUT2D eigenvalue weighted by Crippen LogP contribution is 2.24. The van der Waals surface area contributed by atoms with E-state index < -0.39 is 12.6 Å². The van der Waals surface area contributed by atoms with Gasteiger partial charge in [0.25, 0.3) is 0 Å². The summed E-state index contributed by atoms with van der Waals surface area (Å²) in [5, 5.41) is 10.9. The number of aliphatic hydroxyl groups excluding tert-OH is 1. The van der Waals surface area contributed by atoms with Crippen LogP contribution in [0.25, 0.3) is 10.8 Å². The Kier molecular flexibility index (Phi) is 4.49. The molecule has 0 aromatic heterocycles. The molecule has 0 bridgehead atoms. The van der Waals surface area contributed by atoms with Gasteiger partial charge in [-0.05, 0) is 41.0 Å². The molecule has 0 saturated carbocycles. The largest absolute Gasteiger partial charge is 0.494 e. The first-order valence-corrected chi connectivity index (χ1v) is 6.31. The van der Waals surface area contributed by atoms with Crippen molar-refractivity contribution in [3.05, 3.63) is 42.0 Å². The van der Waals surface area contributed by atoms with Gasteiger partial charge in [-0.15, -0.1) is 0 Å². The second-order valence-corrected chi connectivity index (χ2v) is 4.57. The molecule has 2 aromatic rings. The highest BCUT2D eigenvalue weighted by molar-refractivity contribution is 5.84. The van der Waals surface area contributed by atoms with Gasteiger partial charge in [-0.25, -0.2) is 0 Å². The Morgan fingerprint density at radius 3 is 2.40 bits per heavy atom. The normalized spacial score (nSPS) is 11.8. The molecule has 1 N–H and O–H groups in total. The fraction of sp³-hybridized carbons (Fsp3) is 0.333. The molecular weight excluding hydrogens is 269 g/mol. The average Bonchev–Trinajstić information content (AvgIpc) is 2.42. The van der Waals surface area contributed by atoms with Crippen LogP contribution in [0.1, 0.15) is 18.4 Å². The van der Waals surface area contributed by atoms with Gasteiger partial charge in [0.2, 0.25) is 0 Å². The molecule has 0 amide bonds. The molecule has 0 fully saturated rings. The van der Waals surface area contributed by atoms with Crippen molar-refractivity contribution in [2.45, 2.75) is 25.6 Å². The van der Waals surface area contributed by atoms with E-state index in [-0.39, 0.29) is 19.6 Å². The first kappa shape index (κ1) is 14.7. The summed E-state index contributed by atoms with van der Waals surface area (Å²) in [6, 6.07) is 10.8. The minimum atomic E-state index is -4.13. The van der Waals surface area contributed by atoms with E-state index in [9.17, 15) is 13.2 Å². The Morgan fingerprint density at radius 1 is 1.00 bits per heavy atom. The molecule has 0 radical (unpaired) electrons. The van der Waals surface area contributed by atoms with Crippen molar-refractivity contribution in [2.75, 3.05) is 6.61 Å². The molecule has 2 rings (SSSR count). The summed E-state index contributed by atoms with van der Waals surface area (Å²) >= 11 is 0. The number of halogens is 3. The molecule has 2 aromatic carbocycles. The Hall–Kier alpha value is -1.75. The van der Waals surface area contributed by atoms with E-state index in [4.69, 9.17) is 9.84 Å². The monoisotopic (exact) mass is 284 g/mol. The van der Waals surface area contributed by atoms with Crippen LogP contribution >= 0.6 is 0 Å². The Balaban J connectivity index is 1.98. The van der Waals surface area contributed by atoms with Gasteiger partial charge in [0.15, 0.2) is 0 Å². The van der Waals surface area contributed by atoms with E-state index in [1.807, 2.05) is 18.2 Å². The van der Waals surface area contributed by atoms with Gasteiger partial charge in [-0.2, -0.15) is 13.2 Å². The number of hydrogen-bond donors (Lipinski definition) is 1. The summed E-state index contributed by atoms with van der Waals surface area (Å²) in [6.45, 7) is 0.0192. The smallest absolute Gasteiger partial charge is 0.389 e. The van der Waals surface area contributed by atoms with Crippen LogP contribution in [0.3, 0.4) is 0 Å². The summed E-state index contributed by atoms with van der Waals surface area (Å²) < 4.78 is 41.3. The quantitative estimate of drug-likeness (QED) is 0.839. The van der Waals surface area contributed by atoms with Crippen LogP contribution in [0.5, 0.6) is 5.75 Å². The number of rotatable bonds is 5. The van der Waals surface area contributed by atoms with E-state index in [1.54, 1.807) is 18.2 Å². The fourth-order valence-electron chi connectivity index (χ4n) is 1.92. The second-order valence-electron chi connectivity index (χ2n) is 4.57. The van der Waals surface area contributed by atoms with Crippen LogP contribution in [-0.2, 0) is 6.61 Å². The number of alkyl halides is 3. The van der Waals surface area contributed by atoms with Gasteiger partial charge < -0.3 is 9.84 Å². The highest BCUT2D eigenvalue weighted by Gasteiger charge is 2.26. The first-order chi connectivity index (χ1) is 9.48. The van der Waals surface area contributed by atoms with Crippen molar-refractivity contribution in [1.29, 1.82) is 0 Å². The lowest BCUT2D eigenvalue weighted by atomic mass is 10.1. The maximum absolute atomic E-state index is 12.0. The van der Waals surface area contributed by atoms with Gasteiger partial charge in [0.05, 0.1) is 13.2 Å². The predicted molar refractivity (Wildman–Crippen MR) is 70.7 cm³/mol. The number of aliphatic hydroxyl groups is 1. The summed E-state index contributed by atoms with van der Waals surface area (Å²) in [4.78, 5) is 0. The standard InChI is InChI=1S/C15H15F3O2/c16-15(17,18)6-1-7-20-14-5-4-12-8-11(10-19)2-3-13(12)9-14/h2-5,8-9,19H,1,6-7,10H2. The van der Waals surface area contributed by atoms with Gasteiger partial charge in [0, 0.05) is 6.42 Å². The van der Waals surface area contributed by atoms with Crippen molar-refractivity contribution in [3.63, 3.8) is 0 Å². The molecule has 0 spiro atoms. The molecule has 0 heterocycles. The molecule has 0 aliphatic heterocycles. The molecule has 108 valence electrons. The van der Waals surface area contributed by atoms with E-state index in [2.05, 4.69) is 0 Å². The summed E-state index contributed by atoms with van der Waals surface area (Å²) in [5.74, 6) is 0.552. The predicted octanol–water partition coefficient (Wildman–Crippen LogP) is 4.05. The van der Waals surface area contributed by atoms with Gasteiger partial charge in [-0.3, -0.25) is 0 Å². The lowest BCUT2D eigenvalue weighted by Crippen LogP contribution is -2.09. The van der Waals surface area contributed by atoms with Crippen molar-refractivity contribution in [2.24, 2.45) is 0 Å². The van der Waals surface area contributed by atoms with Crippen molar-refractivity contribution in [1.82, 2.24) is 0 Å². The first-order valence-electron chi connectivity index (χ1n) is 6.31. The summed E-state index contributed by atoms with van der Waals surface area (Å²) in [6.07, 6.45) is -5.02.